The van der Waals surface area contributed by atoms with Gasteiger partial charge in [0.05, 0.1) is 7.11 Å². The smallest absolute Gasteiger partial charge is 0.119 e. The minimum absolute atomic E-state index is 0.853. The Bertz CT molecular complexity index is 511. The van der Waals surface area contributed by atoms with E-state index in [1.807, 2.05) is 24.4 Å². The fourth-order valence-electron chi connectivity index (χ4n) is 2.02. The molecule has 0 radical (unpaired) electrons. The van der Waals surface area contributed by atoms with Gasteiger partial charge in [-0.3, -0.25) is 4.98 Å². The van der Waals surface area contributed by atoms with Crippen molar-refractivity contribution in [2.75, 3.05) is 13.7 Å². The van der Waals surface area contributed by atoms with E-state index in [0.717, 1.165) is 31.0 Å². The van der Waals surface area contributed by atoms with Gasteiger partial charge in [-0.1, -0.05) is 19.1 Å². The first-order valence-electron chi connectivity index (χ1n) is 6.60. The van der Waals surface area contributed by atoms with E-state index in [9.17, 15) is 0 Å². The van der Waals surface area contributed by atoms with Crippen LogP contribution in [-0.2, 0) is 13.0 Å². The summed E-state index contributed by atoms with van der Waals surface area (Å²) >= 11 is 0. The van der Waals surface area contributed by atoms with Gasteiger partial charge in [-0.25, -0.2) is 0 Å². The SMILES string of the molecule is CCNCc1cc(OC)ccc1Cc1ccccn1. The molecule has 0 saturated carbocycles. The third-order valence-corrected chi connectivity index (χ3v) is 3.08. The Morgan fingerprint density at radius 3 is 2.74 bits per heavy atom. The summed E-state index contributed by atoms with van der Waals surface area (Å²) in [6, 6.07) is 12.3. The van der Waals surface area contributed by atoms with Crippen LogP contribution in [0.2, 0.25) is 0 Å². The highest BCUT2D eigenvalue weighted by atomic mass is 16.5. The minimum Gasteiger partial charge on any atom is -0.497 e. The van der Waals surface area contributed by atoms with Crippen LogP contribution in [0.15, 0.2) is 42.6 Å². The predicted octanol–water partition coefficient (Wildman–Crippen LogP) is 2.79. The number of nitrogens with one attached hydrogen (secondary N) is 1. The lowest BCUT2D eigenvalue weighted by Crippen LogP contribution is -2.13. The molecule has 0 unspecified atom stereocenters. The summed E-state index contributed by atoms with van der Waals surface area (Å²) in [6.07, 6.45) is 2.69. The molecule has 0 saturated heterocycles. The highest BCUT2D eigenvalue weighted by Crippen LogP contribution is 2.20. The van der Waals surface area contributed by atoms with Crippen molar-refractivity contribution in [2.24, 2.45) is 0 Å². The monoisotopic (exact) mass is 256 g/mol. The van der Waals surface area contributed by atoms with Crippen LogP contribution in [0.1, 0.15) is 23.7 Å². The van der Waals surface area contributed by atoms with Crippen LogP contribution in [0.3, 0.4) is 0 Å². The molecule has 0 fully saturated rings. The summed E-state index contributed by atoms with van der Waals surface area (Å²) in [5.41, 5.74) is 3.65. The van der Waals surface area contributed by atoms with E-state index in [0.29, 0.717) is 0 Å². The van der Waals surface area contributed by atoms with Gasteiger partial charge in [0.2, 0.25) is 0 Å². The number of hydrogen-bond donors (Lipinski definition) is 1. The summed E-state index contributed by atoms with van der Waals surface area (Å²) in [5, 5.41) is 3.37. The Balaban J connectivity index is 2.22. The zero-order valence-corrected chi connectivity index (χ0v) is 11.5. The number of pyridine rings is 1. The number of methoxy groups -OCH3 is 1. The van der Waals surface area contributed by atoms with Crippen LogP contribution < -0.4 is 10.1 Å². The molecule has 1 N–H and O–H groups in total. The maximum atomic E-state index is 5.30. The molecule has 0 aliphatic carbocycles. The molecule has 19 heavy (non-hydrogen) atoms. The third kappa shape index (κ3) is 3.80. The average molecular weight is 256 g/mol. The molecule has 0 aliphatic rings. The van der Waals surface area contributed by atoms with Crippen molar-refractivity contribution >= 4 is 0 Å². The maximum absolute atomic E-state index is 5.30. The second kappa shape index (κ2) is 6.90. The molecule has 0 spiro atoms. The van der Waals surface area contributed by atoms with Gasteiger partial charge in [0.1, 0.15) is 5.75 Å². The second-order valence-electron chi connectivity index (χ2n) is 4.41. The third-order valence-electron chi connectivity index (χ3n) is 3.08. The molecule has 0 amide bonds. The van der Waals surface area contributed by atoms with Crippen molar-refractivity contribution in [3.8, 4) is 5.75 Å². The summed E-state index contributed by atoms with van der Waals surface area (Å²) in [6.45, 7) is 3.93. The lowest BCUT2D eigenvalue weighted by atomic mass is 10.0. The van der Waals surface area contributed by atoms with Gasteiger partial charge in [0.25, 0.3) is 0 Å². The Morgan fingerprint density at radius 1 is 1.16 bits per heavy atom. The van der Waals surface area contributed by atoms with Crippen molar-refractivity contribution in [3.05, 3.63) is 59.4 Å². The Morgan fingerprint density at radius 2 is 2.05 bits per heavy atom. The molecular formula is C16H20N2O. The molecule has 3 heteroatoms. The summed E-state index contributed by atoms with van der Waals surface area (Å²) in [7, 11) is 1.70. The molecule has 2 aromatic rings. The Kier molecular flexibility index (Phi) is 4.93. The number of nitrogens with zero attached hydrogens (tertiary/aromatic N) is 1. The molecule has 0 bridgehead atoms. The van der Waals surface area contributed by atoms with Gasteiger partial charge in [0.15, 0.2) is 0 Å². The molecule has 100 valence electrons. The topological polar surface area (TPSA) is 34.1 Å². The molecule has 2 rings (SSSR count). The number of aromatic nitrogens is 1. The average Bonchev–Trinajstić information content (AvgIpc) is 2.47. The first-order chi connectivity index (χ1) is 9.33. The minimum atomic E-state index is 0.853. The number of benzene rings is 1. The fraction of sp³-hybridized carbons (Fsp3) is 0.312. The van der Waals surface area contributed by atoms with E-state index >= 15 is 0 Å². The molecule has 0 atom stereocenters. The molecule has 3 nitrogen and oxygen atoms in total. The summed E-state index contributed by atoms with van der Waals surface area (Å²) < 4.78 is 5.30. The number of rotatable bonds is 6. The number of hydrogen-bond acceptors (Lipinski definition) is 3. The van der Waals surface area contributed by atoms with Crippen LogP contribution in [0.25, 0.3) is 0 Å². The zero-order chi connectivity index (χ0) is 13.5. The number of ether oxygens (including phenoxy) is 1. The fourth-order valence-corrected chi connectivity index (χ4v) is 2.02. The van der Waals surface area contributed by atoms with Gasteiger partial charge in [-0.05, 0) is 41.9 Å². The van der Waals surface area contributed by atoms with Crippen molar-refractivity contribution in [3.63, 3.8) is 0 Å². The van der Waals surface area contributed by atoms with Crippen LogP contribution in [0.5, 0.6) is 5.75 Å². The summed E-state index contributed by atoms with van der Waals surface area (Å²) in [5.74, 6) is 0.901. The van der Waals surface area contributed by atoms with Crippen LogP contribution in [0, 0.1) is 0 Å². The van der Waals surface area contributed by atoms with Gasteiger partial charge in [0, 0.05) is 24.9 Å². The van der Waals surface area contributed by atoms with Gasteiger partial charge in [-0.15, -0.1) is 0 Å². The summed E-state index contributed by atoms with van der Waals surface area (Å²) in [4.78, 5) is 4.39. The molecule has 0 aliphatic heterocycles. The van der Waals surface area contributed by atoms with E-state index in [1.54, 1.807) is 7.11 Å². The van der Waals surface area contributed by atoms with Gasteiger partial charge >= 0.3 is 0 Å². The second-order valence-corrected chi connectivity index (χ2v) is 4.41. The van der Waals surface area contributed by atoms with E-state index in [4.69, 9.17) is 4.74 Å². The standard InChI is InChI=1S/C16H20N2O/c1-3-17-12-14-11-16(19-2)8-7-13(14)10-15-6-4-5-9-18-15/h4-9,11,17H,3,10,12H2,1-2H3. The van der Waals surface area contributed by atoms with Crippen LogP contribution in [-0.4, -0.2) is 18.6 Å². The predicted molar refractivity (Wildman–Crippen MR) is 77.4 cm³/mol. The van der Waals surface area contributed by atoms with Gasteiger partial charge < -0.3 is 10.1 Å². The molecular weight excluding hydrogens is 236 g/mol. The first-order valence-corrected chi connectivity index (χ1v) is 6.60. The Hall–Kier alpha value is -1.87. The lowest BCUT2D eigenvalue weighted by Gasteiger charge is -2.11. The molecule has 1 aromatic carbocycles. The van der Waals surface area contributed by atoms with Crippen LogP contribution in [0.4, 0.5) is 0 Å². The largest absolute Gasteiger partial charge is 0.497 e. The lowest BCUT2D eigenvalue weighted by molar-refractivity contribution is 0.414. The Labute approximate surface area is 114 Å². The van der Waals surface area contributed by atoms with E-state index < -0.39 is 0 Å². The highest BCUT2D eigenvalue weighted by molar-refractivity contribution is 5.37. The van der Waals surface area contributed by atoms with Crippen molar-refractivity contribution in [2.45, 2.75) is 19.9 Å². The van der Waals surface area contributed by atoms with Crippen molar-refractivity contribution in [1.29, 1.82) is 0 Å². The zero-order valence-electron chi connectivity index (χ0n) is 11.5. The van der Waals surface area contributed by atoms with Gasteiger partial charge in [-0.2, -0.15) is 0 Å². The first kappa shape index (κ1) is 13.6. The molecule has 1 heterocycles. The van der Waals surface area contributed by atoms with E-state index in [-0.39, 0.29) is 0 Å². The van der Waals surface area contributed by atoms with E-state index in [1.165, 1.54) is 11.1 Å². The van der Waals surface area contributed by atoms with Crippen molar-refractivity contribution in [1.82, 2.24) is 10.3 Å². The molecule has 1 aromatic heterocycles. The quantitative estimate of drug-likeness (QED) is 0.863. The maximum Gasteiger partial charge on any atom is 0.119 e. The normalized spacial score (nSPS) is 10.4. The van der Waals surface area contributed by atoms with Crippen LogP contribution >= 0.6 is 0 Å². The van der Waals surface area contributed by atoms with E-state index in [2.05, 4.69) is 35.4 Å². The highest BCUT2D eigenvalue weighted by Gasteiger charge is 2.06. The van der Waals surface area contributed by atoms with Crippen molar-refractivity contribution < 1.29 is 4.74 Å².